The molecule has 2 aliphatic rings. The SMILES string of the molecule is CC(C)(C)C1CCN(C(=O)NCC2CCNCC2)CC1. The van der Waals surface area contributed by atoms with Crippen LogP contribution in [0, 0.1) is 17.3 Å². The van der Waals surface area contributed by atoms with Crippen molar-refractivity contribution in [1.82, 2.24) is 15.5 Å². The Hall–Kier alpha value is -0.770. The molecule has 0 aromatic heterocycles. The van der Waals surface area contributed by atoms with Gasteiger partial charge >= 0.3 is 6.03 Å². The number of amides is 2. The Morgan fingerprint density at radius 1 is 1.15 bits per heavy atom. The molecule has 0 atom stereocenters. The van der Waals surface area contributed by atoms with Gasteiger partial charge in [0.25, 0.3) is 0 Å². The maximum atomic E-state index is 12.2. The van der Waals surface area contributed by atoms with Crippen LogP contribution in [-0.4, -0.2) is 43.7 Å². The molecule has 2 rings (SSSR count). The van der Waals surface area contributed by atoms with E-state index in [0.717, 1.165) is 51.5 Å². The summed E-state index contributed by atoms with van der Waals surface area (Å²) in [5.41, 5.74) is 0.373. The van der Waals surface area contributed by atoms with Crippen molar-refractivity contribution in [2.45, 2.75) is 46.5 Å². The van der Waals surface area contributed by atoms with Gasteiger partial charge in [-0.15, -0.1) is 0 Å². The number of urea groups is 1. The number of carbonyl (C=O) groups is 1. The Kier molecular flexibility index (Phi) is 5.30. The summed E-state index contributed by atoms with van der Waals surface area (Å²) >= 11 is 0. The Morgan fingerprint density at radius 3 is 2.30 bits per heavy atom. The number of likely N-dealkylation sites (tertiary alicyclic amines) is 1. The lowest BCUT2D eigenvalue weighted by atomic mass is 9.75. The average Bonchev–Trinajstić information content (AvgIpc) is 2.45. The van der Waals surface area contributed by atoms with Gasteiger partial charge in [-0.3, -0.25) is 0 Å². The van der Waals surface area contributed by atoms with E-state index >= 15 is 0 Å². The molecule has 0 spiro atoms. The van der Waals surface area contributed by atoms with Gasteiger partial charge in [0.1, 0.15) is 0 Å². The third-order valence-corrected chi connectivity index (χ3v) is 5.01. The molecule has 0 saturated carbocycles. The largest absolute Gasteiger partial charge is 0.338 e. The minimum Gasteiger partial charge on any atom is -0.338 e. The summed E-state index contributed by atoms with van der Waals surface area (Å²) in [5.74, 6) is 1.41. The van der Waals surface area contributed by atoms with E-state index < -0.39 is 0 Å². The number of nitrogens with one attached hydrogen (secondary N) is 2. The molecule has 0 bridgehead atoms. The van der Waals surface area contributed by atoms with Gasteiger partial charge in [-0.1, -0.05) is 20.8 Å². The fourth-order valence-corrected chi connectivity index (χ4v) is 3.38. The second kappa shape index (κ2) is 6.79. The maximum absolute atomic E-state index is 12.2. The number of rotatable bonds is 2. The number of carbonyl (C=O) groups excluding carboxylic acids is 1. The summed E-state index contributed by atoms with van der Waals surface area (Å²) in [4.78, 5) is 14.2. The molecule has 2 saturated heterocycles. The van der Waals surface area contributed by atoms with E-state index in [1.54, 1.807) is 0 Å². The van der Waals surface area contributed by atoms with Gasteiger partial charge in [0.2, 0.25) is 0 Å². The van der Waals surface area contributed by atoms with Gasteiger partial charge in [0.15, 0.2) is 0 Å². The van der Waals surface area contributed by atoms with Gasteiger partial charge in [0.05, 0.1) is 0 Å². The zero-order valence-corrected chi connectivity index (χ0v) is 13.4. The summed E-state index contributed by atoms with van der Waals surface area (Å²) < 4.78 is 0. The van der Waals surface area contributed by atoms with Crippen LogP contribution in [-0.2, 0) is 0 Å². The molecule has 20 heavy (non-hydrogen) atoms. The molecule has 4 heteroatoms. The van der Waals surface area contributed by atoms with Crippen LogP contribution >= 0.6 is 0 Å². The Morgan fingerprint density at radius 2 is 1.75 bits per heavy atom. The van der Waals surface area contributed by atoms with E-state index in [4.69, 9.17) is 0 Å². The Balaban J connectivity index is 1.69. The van der Waals surface area contributed by atoms with E-state index in [2.05, 4.69) is 31.4 Å². The highest BCUT2D eigenvalue weighted by Gasteiger charge is 2.30. The number of nitrogens with zero attached hydrogens (tertiary/aromatic N) is 1. The van der Waals surface area contributed by atoms with Gasteiger partial charge in [-0.2, -0.15) is 0 Å². The topological polar surface area (TPSA) is 44.4 Å². The van der Waals surface area contributed by atoms with Crippen molar-refractivity contribution in [3.8, 4) is 0 Å². The van der Waals surface area contributed by atoms with Crippen LogP contribution in [0.5, 0.6) is 0 Å². The molecule has 0 radical (unpaired) electrons. The monoisotopic (exact) mass is 281 g/mol. The lowest BCUT2D eigenvalue weighted by Crippen LogP contribution is -2.47. The first-order chi connectivity index (χ1) is 9.47. The van der Waals surface area contributed by atoms with Crippen molar-refractivity contribution >= 4 is 6.03 Å². The van der Waals surface area contributed by atoms with Crippen LogP contribution in [0.4, 0.5) is 4.79 Å². The van der Waals surface area contributed by atoms with Gasteiger partial charge in [-0.25, -0.2) is 4.79 Å². The highest BCUT2D eigenvalue weighted by molar-refractivity contribution is 5.74. The molecule has 116 valence electrons. The van der Waals surface area contributed by atoms with Gasteiger partial charge in [-0.05, 0) is 56.0 Å². The van der Waals surface area contributed by atoms with Crippen molar-refractivity contribution in [1.29, 1.82) is 0 Å². The molecule has 0 aliphatic carbocycles. The van der Waals surface area contributed by atoms with Crippen LogP contribution < -0.4 is 10.6 Å². The van der Waals surface area contributed by atoms with Crippen molar-refractivity contribution in [3.05, 3.63) is 0 Å². The van der Waals surface area contributed by atoms with Crippen LogP contribution in [0.25, 0.3) is 0 Å². The third-order valence-electron chi connectivity index (χ3n) is 5.01. The predicted molar refractivity (Wildman–Crippen MR) is 82.7 cm³/mol. The van der Waals surface area contributed by atoms with E-state index in [9.17, 15) is 4.79 Å². The first kappa shape index (κ1) is 15.6. The zero-order valence-electron chi connectivity index (χ0n) is 13.4. The molecule has 2 N–H and O–H groups in total. The van der Waals surface area contributed by atoms with Crippen LogP contribution in [0.3, 0.4) is 0 Å². The highest BCUT2D eigenvalue weighted by Crippen LogP contribution is 2.34. The van der Waals surface area contributed by atoms with E-state index in [1.165, 1.54) is 12.8 Å². The molecule has 0 aromatic rings. The molecule has 0 aromatic carbocycles. The first-order valence-electron chi connectivity index (χ1n) is 8.20. The second-order valence-electron chi connectivity index (χ2n) is 7.51. The molecular formula is C16H31N3O. The van der Waals surface area contributed by atoms with Crippen molar-refractivity contribution in [3.63, 3.8) is 0 Å². The van der Waals surface area contributed by atoms with Crippen molar-refractivity contribution in [2.24, 2.45) is 17.3 Å². The Bertz CT molecular complexity index is 310. The molecule has 2 fully saturated rings. The van der Waals surface area contributed by atoms with Crippen LogP contribution in [0.2, 0.25) is 0 Å². The van der Waals surface area contributed by atoms with Crippen LogP contribution in [0.15, 0.2) is 0 Å². The summed E-state index contributed by atoms with van der Waals surface area (Å²) in [6, 6.07) is 0.149. The number of hydrogen-bond donors (Lipinski definition) is 2. The smallest absolute Gasteiger partial charge is 0.317 e. The summed E-state index contributed by atoms with van der Waals surface area (Å²) in [6.45, 7) is 11.8. The maximum Gasteiger partial charge on any atom is 0.317 e. The summed E-state index contributed by atoms with van der Waals surface area (Å²) in [5, 5.41) is 6.50. The molecule has 2 amide bonds. The van der Waals surface area contributed by atoms with Crippen molar-refractivity contribution in [2.75, 3.05) is 32.7 Å². The number of hydrogen-bond acceptors (Lipinski definition) is 2. The molecular weight excluding hydrogens is 250 g/mol. The second-order valence-corrected chi connectivity index (χ2v) is 7.51. The van der Waals surface area contributed by atoms with Gasteiger partial charge in [0, 0.05) is 19.6 Å². The normalized spacial score (nSPS) is 22.9. The minimum atomic E-state index is 0.149. The Labute approximate surface area is 123 Å². The summed E-state index contributed by atoms with van der Waals surface area (Å²) in [6.07, 6.45) is 4.66. The van der Waals surface area contributed by atoms with E-state index in [-0.39, 0.29) is 6.03 Å². The fraction of sp³-hybridized carbons (Fsp3) is 0.938. The standard InChI is InChI=1S/C16H31N3O/c1-16(2,3)14-6-10-19(11-7-14)15(20)18-12-13-4-8-17-9-5-13/h13-14,17H,4-12H2,1-3H3,(H,18,20). The fourth-order valence-electron chi connectivity index (χ4n) is 3.38. The number of piperidine rings is 2. The summed E-state index contributed by atoms with van der Waals surface area (Å²) in [7, 11) is 0. The molecule has 4 nitrogen and oxygen atoms in total. The average molecular weight is 281 g/mol. The lowest BCUT2D eigenvalue weighted by molar-refractivity contribution is 0.121. The first-order valence-corrected chi connectivity index (χ1v) is 8.20. The van der Waals surface area contributed by atoms with E-state index in [1.807, 2.05) is 4.90 Å². The van der Waals surface area contributed by atoms with Gasteiger partial charge < -0.3 is 15.5 Å². The van der Waals surface area contributed by atoms with E-state index in [0.29, 0.717) is 11.3 Å². The highest BCUT2D eigenvalue weighted by atomic mass is 16.2. The molecule has 0 unspecified atom stereocenters. The van der Waals surface area contributed by atoms with Crippen LogP contribution in [0.1, 0.15) is 46.5 Å². The quantitative estimate of drug-likeness (QED) is 0.816. The minimum absolute atomic E-state index is 0.149. The molecule has 2 heterocycles. The van der Waals surface area contributed by atoms with Crippen molar-refractivity contribution < 1.29 is 4.79 Å². The lowest BCUT2D eigenvalue weighted by Gasteiger charge is -2.38. The predicted octanol–water partition coefficient (Wildman–Crippen LogP) is 2.45. The zero-order chi connectivity index (χ0) is 14.6. The third kappa shape index (κ3) is 4.37. The molecule has 2 aliphatic heterocycles.